The van der Waals surface area contributed by atoms with Gasteiger partial charge < -0.3 is 16.0 Å². The van der Waals surface area contributed by atoms with Gasteiger partial charge in [-0.25, -0.2) is 4.98 Å². The van der Waals surface area contributed by atoms with Crippen LogP contribution in [0.25, 0.3) is 10.9 Å². The Morgan fingerprint density at radius 3 is 2.67 bits per heavy atom. The molecule has 6 heteroatoms. The average Bonchev–Trinajstić information content (AvgIpc) is 2.48. The standard InChI is InChI=1S/C15H21N5O/c1-3-20(4-2)13(21)9-10-17-14-11-7-5-6-8-12(11)18-15(16)19-14/h5-8H,3-4,9-10H2,1-2H3,(H3,16,17,18,19). The second kappa shape index (κ2) is 6.88. The van der Waals surface area contributed by atoms with Crippen LogP contribution in [0.2, 0.25) is 0 Å². The van der Waals surface area contributed by atoms with Crippen LogP contribution in [0.1, 0.15) is 20.3 Å². The van der Waals surface area contributed by atoms with Gasteiger partial charge in [0.25, 0.3) is 0 Å². The lowest BCUT2D eigenvalue weighted by Crippen LogP contribution is -2.31. The number of carbonyl (C=O) groups is 1. The van der Waals surface area contributed by atoms with E-state index in [4.69, 9.17) is 5.73 Å². The van der Waals surface area contributed by atoms with E-state index >= 15 is 0 Å². The molecule has 112 valence electrons. The van der Waals surface area contributed by atoms with Crippen molar-refractivity contribution in [3.8, 4) is 0 Å². The third-order valence-electron chi connectivity index (χ3n) is 3.37. The molecule has 6 nitrogen and oxygen atoms in total. The summed E-state index contributed by atoms with van der Waals surface area (Å²) in [7, 11) is 0. The summed E-state index contributed by atoms with van der Waals surface area (Å²) >= 11 is 0. The van der Waals surface area contributed by atoms with Crippen molar-refractivity contribution in [2.24, 2.45) is 0 Å². The van der Waals surface area contributed by atoms with Crippen LogP contribution in [0.4, 0.5) is 11.8 Å². The number of nitrogens with one attached hydrogen (secondary N) is 1. The minimum absolute atomic E-state index is 0.138. The predicted octanol–water partition coefficient (Wildman–Crippen LogP) is 1.88. The van der Waals surface area contributed by atoms with Gasteiger partial charge in [0.1, 0.15) is 5.82 Å². The smallest absolute Gasteiger partial charge is 0.224 e. The van der Waals surface area contributed by atoms with Crippen molar-refractivity contribution in [2.75, 3.05) is 30.7 Å². The number of para-hydroxylation sites is 1. The van der Waals surface area contributed by atoms with E-state index in [9.17, 15) is 4.79 Å². The van der Waals surface area contributed by atoms with Crippen LogP contribution in [0.15, 0.2) is 24.3 Å². The lowest BCUT2D eigenvalue weighted by Gasteiger charge is -2.18. The number of benzene rings is 1. The molecule has 0 atom stereocenters. The monoisotopic (exact) mass is 287 g/mol. The maximum Gasteiger partial charge on any atom is 0.224 e. The molecule has 0 aliphatic carbocycles. The van der Waals surface area contributed by atoms with Crippen LogP contribution >= 0.6 is 0 Å². The second-order valence-corrected chi connectivity index (χ2v) is 4.69. The van der Waals surface area contributed by atoms with Crippen molar-refractivity contribution >= 4 is 28.6 Å². The van der Waals surface area contributed by atoms with Gasteiger partial charge in [0, 0.05) is 31.4 Å². The number of hydrogen-bond acceptors (Lipinski definition) is 5. The normalized spacial score (nSPS) is 10.6. The first-order valence-corrected chi connectivity index (χ1v) is 7.19. The van der Waals surface area contributed by atoms with E-state index in [0.29, 0.717) is 18.8 Å². The van der Waals surface area contributed by atoms with E-state index in [1.807, 2.05) is 43.0 Å². The molecule has 0 aliphatic rings. The Labute approximate surface area is 124 Å². The van der Waals surface area contributed by atoms with Crippen molar-refractivity contribution in [3.05, 3.63) is 24.3 Å². The molecule has 1 aromatic heterocycles. The zero-order valence-corrected chi connectivity index (χ0v) is 12.5. The maximum atomic E-state index is 12.0. The van der Waals surface area contributed by atoms with E-state index < -0.39 is 0 Å². The minimum atomic E-state index is 0.138. The number of nitrogen functional groups attached to an aromatic ring is 1. The predicted molar refractivity (Wildman–Crippen MR) is 85.0 cm³/mol. The molecule has 0 radical (unpaired) electrons. The number of rotatable bonds is 6. The summed E-state index contributed by atoms with van der Waals surface area (Å²) in [4.78, 5) is 22.2. The maximum absolute atomic E-state index is 12.0. The van der Waals surface area contributed by atoms with Crippen LogP contribution in [-0.4, -0.2) is 40.4 Å². The Balaban J connectivity index is 2.05. The van der Waals surface area contributed by atoms with Crippen molar-refractivity contribution < 1.29 is 4.79 Å². The van der Waals surface area contributed by atoms with E-state index in [0.717, 1.165) is 24.0 Å². The molecule has 2 rings (SSSR count). The Bertz CT molecular complexity index is 624. The number of nitrogens with two attached hydrogens (primary N) is 1. The first-order valence-electron chi connectivity index (χ1n) is 7.19. The second-order valence-electron chi connectivity index (χ2n) is 4.69. The van der Waals surface area contributed by atoms with Gasteiger partial charge in [-0.3, -0.25) is 4.79 Å². The molecule has 3 N–H and O–H groups in total. The summed E-state index contributed by atoms with van der Waals surface area (Å²) in [6.45, 7) is 5.95. The van der Waals surface area contributed by atoms with Gasteiger partial charge in [-0.05, 0) is 26.0 Å². The molecular formula is C15H21N5O. The fourth-order valence-corrected chi connectivity index (χ4v) is 2.25. The number of anilines is 2. The number of aromatic nitrogens is 2. The highest BCUT2D eigenvalue weighted by Crippen LogP contribution is 2.20. The largest absolute Gasteiger partial charge is 0.369 e. The number of nitrogens with zero attached hydrogens (tertiary/aromatic N) is 3. The first kappa shape index (κ1) is 15.0. The molecule has 0 aliphatic heterocycles. The van der Waals surface area contributed by atoms with Gasteiger partial charge in [-0.2, -0.15) is 4.98 Å². The molecule has 2 aromatic rings. The third-order valence-corrected chi connectivity index (χ3v) is 3.37. The van der Waals surface area contributed by atoms with E-state index in [-0.39, 0.29) is 11.9 Å². The zero-order chi connectivity index (χ0) is 15.2. The van der Waals surface area contributed by atoms with Crippen LogP contribution in [-0.2, 0) is 4.79 Å². The fraction of sp³-hybridized carbons (Fsp3) is 0.400. The molecule has 0 saturated carbocycles. The van der Waals surface area contributed by atoms with Gasteiger partial charge in [0.2, 0.25) is 11.9 Å². The summed E-state index contributed by atoms with van der Waals surface area (Å²) in [6.07, 6.45) is 0.430. The molecule has 0 saturated heterocycles. The van der Waals surface area contributed by atoms with Gasteiger partial charge in [-0.15, -0.1) is 0 Å². The number of carbonyl (C=O) groups excluding carboxylic acids is 1. The molecule has 1 aromatic carbocycles. The highest BCUT2D eigenvalue weighted by molar-refractivity contribution is 5.90. The molecule has 0 unspecified atom stereocenters. The van der Waals surface area contributed by atoms with Crippen molar-refractivity contribution in [2.45, 2.75) is 20.3 Å². The van der Waals surface area contributed by atoms with E-state index in [1.54, 1.807) is 0 Å². The van der Waals surface area contributed by atoms with E-state index in [1.165, 1.54) is 0 Å². The van der Waals surface area contributed by atoms with Crippen LogP contribution in [0.5, 0.6) is 0 Å². The lowest BCUT2D eigenvalue weighted by atomic mass is 10.2. The number of fused-ring (bicyclic) bond motifs is 1. The lowest BCUT2D eigenvalue weighted by molar-refractivity contribution is -0.130. The van der Waals surface area contributed by atoms with Crippen molar-refractivity contribution in [3.63, 3.8) is 0 Å². The molecule has 0 spiro atoms. The average molecular weight is 287 g/mol. The minimum Gasteiger partial charge on any atom is -0.369 e. The van der Waals surface area contributed by atoms with Crippen LogP contribution in [0.3, 0.4) is 0 Å². The summed E-state index contributed by atoms with van der Waals surface area (Å²) in [5.41, 5.74) is 6.50. The Hall–Kier alpha value is -2.37. The molecule has 0 bridgehead atoms. The summed E-state index contributed by atoms with van der Waals surface area (Å²) in [5.74, 6) is 1.04. The quantitative estimate of drug-likeness (QED) is 0.847. The molecule has 1 amide bonds. The first-order chi connectivity index (χ1) is 10.2. The Kier molecular flexibility index (Phi) is 4.92. The highest BCUT2D eigenvalue weighted by atomic mass is 16.2. The molecule has 21 heavy (non-hydrogen) atoms. The topological polar surface area (TPSA) is 84.1 Å². The van der Waals surface area contributed by atoms with Crippen molar-refractivity contribution in [1.82, 2.24) is 14.9 Å². The van der Waals surface area contributed by atoms with Crippen molar-refractivity contribution in [1.29, 1.82) is 0 Å². The van der Waals surface area contributed by atoms with Gasteiger partial charge >= 0.3 is 0 Å². The summed E-state index contributed by atoms with van der Waals surface area (Å²) in [6, 6.07) is 7.65. The van der Waals surface area contributed by atoms with Gasteiger partial charge in [0.15, 0.2) is 0 Å². The number of hydrogen-bond donors (Lipinski definition) is 2. The van der Waals surface area contributed by atoms with Crippen LogP contribution in [0, 0.1) is 0 Å². The number of amides is 1. The van der Waals surface area contributed by atoms with Gasteiger partial charge in [-0.1, -0.05) is 12.1 Å². The Morgan fingerprint density at radius 2 is 1.95 bits per heavy atom. The fourth-order valence-electron chi connectivity index (χ4n) is 2.25. The highest BCUT2D eigenvalue weighted by Gasteiger charge is 2.10. The molecular weight excluding hydrogens is 266 g/mol. The summed E-state index contributed by atoms with van der Waals surface area (Å²) in [5, 5.41) is 4.09. The molecule has 0 fully saturated rings. The van der Waals surface area contributed by atoms with Crippen LogP contribution < -0.4 is 11.1 Å². The molecule has 1 heterocycles. The zero-order valence-electron chi connectivity index (χ0n) is 12.5. The third kappa shape index (κ3) is 3.59. The Morgan fingerprint density at radius 1 is 1.24 bits per heavy atom. The summed E-state index contributed by atoms with van der Waals surface area (Å²) < 4.78 is 0. The SMILES string of the molecule is CCN(CC)C(=O)CCNc1nc(N)nc2ccccc12. The van der Waals surface area contributed by atoms with Gasteiger partial charge in [0.05, 0.1) is 5.52 Å². The van der Waals surface area contributed by atoms with E-state index in [2.05, 4.69) is 15.3 Å².